The summed E-state index contributed by atoms with van der Waals surface area (Å²) < 4.78 is 10.5. The molecule has 1 fully saturated rings. The van der Waals surface area contributed by atoms with Crippen LogP contribution in [0.25, 0.3) is 0 Å². The van der Waals surface area contributed by atoms with Crippen LogP contribution in [0.3, 0.4) is 0 Å². The molecule has 2 amide bonds. The highest BCUT2D eigenvalue weighted by molar-refractivity contribution is 6.08. The number of carbonyl (C=O) groups excluding carboxylic acids is 3. The molecule has 3 atom stereocenters. The Morgan fingerprint density at radius 1 is 1.23 bits per heavy atom. The first-order valence-corrected chi connectivity index (χ1v) is 8.86. The van der Waals surface area contributed by atoms with Gasteiger partial charge in [-0.25, -0.2) is 4.79 Å². The van der Waals surface area contributed by atoms with Gasteiger partial charge < -0.3 is 9.15 Å². The molecule has 0 saturated carbocycles. The third-order valence-corrected chi connectivity index (χ3v) is 4.73. The Hall–Kier alpha value is -2.51. The van der Waals surface area contributed by atoms with Crippen LogP contribution in [0.4, 0.5) is 0 Å². The number of amides is 2. The number of aromatic nitrogens is 2. The summed E-state index contributed by atoms with van der Waals surface area (Å²) in [7, 11) is 0. The van der Waals surface area contributed by atoms with E-state index < -0.39 is 12.0 Å². The first kappa shape index (κ1) is 18.3. The third-order valence-electron chi connectivity index (χ3n) is 4.73. The number of ether oxygens (including phenoxy) is 1. The number of imide groups is 1. The molecular weight excluding hydrogens is 338 g/mol. The Bertz CT molecular complexity index is 713. The van der Waals surface area contributed by atoms with E-state index in [4.69, 9.17) is 9.15 Å². The SMILES string of the molecule is Cc1nnc(COC(=O)C(CC(C)C)N2C(=O)C3CC=CCC3C2=O)o1. The van der Waals surface area contributed by atoms with Crippen LogP contribution in [-0.4, -0.2) is 38.9 Å². The Balaban J connectivity index is 1.75. The molecule has 1 aromatic rings. The Kier molecular flexibility index (Phi) is 5.20. The van der Waals surface area contributed by atoms with Crippen LogP contribution >= 0.6 is 0 Å². The summed E-state index contributed by atoms with van der Waals surface area (Å²) in [5.41, 5.74) is 0. The molecule has 26 heavy (non-hydrogen) atoms. The first-order valence-electron chi connectivity index (χ1n) is 8.86. The molecule has 0 spiro atoms. The molecule has 2 heterocycles. The lowest BCUT2D eigenvalue weighted by Gasteiger charge is -2.26. The van der Waals surface area contributed by atoms with Crippen molar-refractivity contribution in [2.45, 2.75) is 52.7 Å². The van der Waals surface area contributed by atoms with Crippen molar-refractivity contribution in [1.82, 2.24) is 15.1 Å². The van der Waals surface area contributed by atoms with Crippen LogP contribution in [0, 0.1) is 24.7 Å². The number of hydrogen-bond donors (Lipinski definition) is 0. The Morgan fingerprint density at radius 2 is 1.85 bits per heavy atom. The fourth-order valence-corrected chi connectivity index (χ4v) is 3.51. The molecule has 1 aliphatic carbocycles. The van der Waals surface area contributed by atoms with E-state index in [0.717, 1.165) is 4.90 Å². The zero-order valence-electron chi connectivity index (χ0n) is 15.2. The van der Waals surface area contributed by atoms with E-state index in [9.17, 15) is 14.4 Å². The number of rotatable bonds is 6. The standard InChI is InChI=1S/C18H23N3O5/c1-10(2)8-14(18(24)25-9-15-20-19-11(3)26-15)21-16(22)12-6-4-5-7-13(12)17(21)23/h4-5,10,12-14H,6-9H2,1-3H3. The molecule has 1 aromatic heterocycles. The van der Waals surface area contributed by atoms with Gasteiger partial charge in [0.15, 0.2) is 6.61 Å². The van der Waals surface area contributed by atoms with Crippen molar-refractivity contribution >= 4 is 17.8 Å². The maximum atomic E-state index is 12.8. The average Bonchev–Trinajstić information content (AvgIpc) is 3.13. The summed E-state index contributed by atoms with van der Waals surface area (Å²) >= 11 is 0. The smallest absolute Gasteiger partial charge is 0.329 e. The maximum absolute atomic E-state index is 12.8. The number of nitrogens with zero attached hydrogens (tertiary/aromatic N) is 3. The van der Waals surface area contributed by atoms with Crippen molar-refractivity contribution in [3.63, 3.8) is 0 Å². The second-order valence-electron chi connectivity index (χ2n) is 7.17. The first-order chi connectivity index (χ1) is 12.4. The molecule has 140 valence electrons. The molecule has 3 rings (SSSR count). The van der Waals surface area contributed by atoms with Gasteiger partial charge in [0.2, 0.25) is 17.7 Å². The van der Waals surface area contributed by atoms with Gasteiger partial charge in [-0.2, -0.15) is 0 Å². The minimum atomic E-state index is -0.926. The number of fused-ring (bicyclic) bond motifs is 1. The largest absolute Gasteiger partial charge is 0.454 e. The molecule has 8 heteroatoms. The molecule has 0 bridgehead atoms. The van der Waals surface area contributed by atoms with Crippen molar-refractivity contribution in [2.24, 2.45) is 17.8 Å². The van der Waals surface area contributed by atoms with Gasteiger partial charge in [0, 0.05) is 6.92 Å². The Labute approximate surface area is 151 Å². The van der Waals surface area contributed by atoms with E-state index in [-0.39, 0.29) is 42.1 Å². The van der Waals surface area contributed by atoms with Gasteiger partial charge in [-0.15, -0.1) is 10.2 Å². The van der Waals surface area contributed by atoms with E-state index in [1.165, 1.54) is 0 Å². The van der Waals surface area contributed by atoms with E-state index in [1.807, 2.05) is 26.0 Å². The highest BCUT2D eigenvalue weighted by Gasteiger charge is 2.51. The average molecular weight is 361 g/mol. The van der Waals surface area contributed by atoms with Gasteiger partial charge in [-0.1, -0.05) is 26.0 Å². The summed E-state index contributed by atoms with van der Waals surface area (Å²) in [6, 6.07) is -0.926. The highest BCUT2D eigenvalue weighted by Crippen LogP contribution is 2.37. The van der Waals surface area contributed by atoms with E-state index in [1.54, 1.807) is 6.92 Å². The van der Waals surface area contributed by atoms with Crippen LogP contribution < -0.4 is 0 Å². The van der Waals surface area contributed by atoms with Crippen LogP contribution in [-0.2, 0) is 25.7 Å². The number of esters is 1. The van der Waals surface area contributed by atoms with Crippen LogP contribution in [0.15, 0.2) is 16.6 Å². The lowest BCUT2D eigenvalue weighted by Crippen LogP contribution is -2.47. The predicted octanol–water partition coefficient (Wildman–Crippen LogP) is 1.79. The van der Waals surface area contributed by atoms with Crippen LogP contribution in [0.5, 0.6) is 0 Å². The van der Waals surface area contributed by atoms with Gasteiger partial charge in [0.25, 0.3) is 5.89 Å². The number of allylic oxidation sites excluding steroid dienone is 2. The number of hydrogen-bond acceptors (Lipinski definition) is 7. The Morgan fingerprint density at radius 3 is 2.35 bits per heavy atom. The summed E-state index contributed by atoms with van der Waals surface area (Å²) in [5.74, 6) is -1.25. The normalized spacial score (nSPS) is 23.5. The molecule has 2 aliphatic rings. The zero-order valence-corrected chi connectivity index (χ0v) is 15.2. The topological polar surface area (TPSA) is 103 Å². The summed E-state index contributed by atoms with van der Waals surface area (Å²) in [6.07, 6.45) is 5.27. The maximum Gasteiger partial charge on any atom is 0.329 e. The van der Waals surface area contributed by atoms with Gasteiger partial charge >= 0.3 is 5.97 Å². The van der Waals surface area contributed by atoms with Crippen LogP contribution in [0.1, 0.15) is 44.9 Å². The van der Waals surface area contributed by atoms with Crippen molar-refractivity contribution in [1.29, 1.82) is 0 Å². The van der Waals surface area contributed by atoms with Crippen molar-refractivity contribution < 1.29 is 23.5 Å². The van der Waals surface area contributed by atoms with E-state index >= 15 is 0 Å². The number of aryl methyl sites for hydroxylation is 1. The second-order valence-corrected chi connectivity index (χ2v) is 7.17. The molecule has 1 saturated heterocycles. The molecule has 0 radical (unpaired) electrons. The fraction of sp³-hybridized carbons (Fsp3) is 0.611. The summed E-state index contributed by atoms with van der Waals surface area (Å²) in [6.45, 7) is 5.32. The molecule has 3 unspecified atom stereocenters. The lowest BCUT2D eigenvalue weighted by atomic mass is 9.85. The molecule has 8 nitrogen and oxygen atoms in total. The number of carbonyl (C=O) groups is 3. The quantitative estimate of drug-likeness (QED) is 0.432. The highest BCUT2D eigenvalue weighted by atomic mass is 16.5. The minimum absolute atomic E-state index is 0.111. The summed E-state index contributed by atoms with van der Waals surface area (Å²) in [4.78, 5) is 39.4. The number of likely N-dealkylation sites (tertiary alicyclic amines) is 1. The molecule has 1 aliphatic heterocycles. The van der Waals surface area contributed by atoms with E-state index in [0.29, 0.717) is 25.2 Å². The van der Waals surface area contributed by atoms with Crippen molar-refractivity contribution in [2.75, 3.05) is 0 Å². The van der Waals surface area contributed by atoms with Crippen molar-refractivity contribution in [3.8, 4) is 0 Å². The van der Waals surface area contributed by atoms with E-state index in [2.05, 4.69) is 10.2 Å². The zero-order chi connectivity index (χ0) is 18.8. The van der Waals surface area contributed by atoms with Crippen LogP contribution in [0.2, 0.25) is 0 Å². The van der Waals surface area contributed by atoms with Gasteiger partial charge in [-0.05, 0) is 25.2 Å². The minimum Gasteiger partial charge on any atom is -0.454 e. The second kappa shape index (κ2) is 7.39. The molecule has 0 N–H and O–H groups in total. The fourth-order valence-electron chi connectivity index (χ4n) is 3.51. The van der Waals surface area contributed by atoms with Gasteiger partial charge in [-0.3, -0.25) is 14.5 Å². The van der Waals surface area contributed by atoms with Gasteiger partial charge in [0.05, 0.1) is 11.8 Å². The molecule has 0 aromatic carbocycles. The van der Waals surface area contributed by atoms with Gasteiger partial charge in [0.1, 0.15) is 6.04 Å². The predicted molar refractivity (Wildman–Crippen MR) is 89.3 cm³/mol. The lowest BCUT2D eigenvalue weighted by molar-refractivity contribution is -0.161. The summed E-state index contributed by atoms with van der Waals surface area (Å²) in [5, 5.41) is 7.45. The monoisotopic (exact) mass is 361 g/mol. The third kappa shape index (κ3) is 3.54. The van der Waals surface area contributed by atoms with Crippen molar-refractivity contribution in [3.05, 3.63) is 23.9 Å². The molecular formula is C18H23N3O5.